The van der Waals surface area contributed by atoms with Crippen molar-refractivity contribution in [3.63, 3.8) is 0 Å². The van der Waals surface area contributed by atoms with Gasteiger partial charge in [-0.2, -0.15) is 0 Å². The van der Waals surface area contributed by atoms with E-state index in [9.17, 15) is 0 Å². The van der Waals surface area contributed by atoms with Crippen LogP contribution in [0.25, 0.3) is 117 Å². The maximum absolute atomic E-state index is 6.53. The third-order valence-electron chi connectivity index (χ3n) is 11.1. The zero-order valence-electron chi connectivity index (χ0n) is 30.4. The molecular weight excluding hydrogens is 701 g/mol. The normalized spacial score (nSPS) is 11.9. The van der Waals surface area contributed by atoms with Crippen molar-refractivity contribution in [3.05, 3.63) is 182 Å². The molecule has 8 aromatic carbocycles. The summed E-state index contributed by atoms with van der Waals surface area (Å²) < 4.78 is 15.3. The van der Waals surface area contributed by atoms with E-state index in [1.807, 2.05) is 78.9 Å². The summed E-state index contributed by atoms with van der Waals surface area (Å²) in [6.45, 7) is 0. The van der Waals surface area contributed by atoms with Gasteiger partial charge in [-0.15, -0.1) is 0 Å². The van der Waals surface area contributed by atoms with Gasteiger partial charge in [0, 0.05) is 54.7 Å². The van der Waals surface area contributed by atoms with E-state index < -0.39 is 0 Å². The molecule has 0 spiro atoms. The van der Waals surface area contributed by atoms with Crippen LogP contribution in [0.1, 0.15) is 0 Å². The molecule has 266 valence electrons. The van der Waals surface area contributed by atoms with Gasteiger partial charge < -0.3 is 13.4 Å². The van der Waals surface area contributed by atoms with Crippen LogP contribution >= 0.6 is 0 Å². The summed E-state index contributed by atoms with van der Waals surface area (Å²) in [6, 6.07) is 62.7. The number of rotatable bonds is 5. The fraction of sp³-hybridized carbons (Fsp3) is 0. The summed E-state index contributed by atoms with van der Waals surface area (Å²) in [6.07, 6.45) is 0. The fourth-order valence-corrected chi connectivity index (χ4v) is 8.41. The molecule has 57 heavy (non-hydrogen) atoms. The first-order valence-corrected chi connectivity index (χ1v) is 19.0. The molecule has 12 rings (SSSR count). The van der Waals surface area contributed by atoms with Crippen LogP contribution in [0.15, 0.2) is 191 Å². The molecule has 12 aromatic rings. The minimum atomic E-state index is 0.588. The highest BCUT2D eigenvalue weighted by Crippen LogP contribution is 2.40. The molecule has 0 saturated heterocycles. The predicted molar refractivity (Wildman–Crippen MR) is 230 cm³/mol. The number of benzene rings is 8. The van der Waals surface area contributed by atoms with Crippen LogP contribution in [0.5, 0.6) is 0 Å². The minimum absolute atomic E-state index is 0.588. The highest BCUT2D eigenvalue weighted by atomic mass is 16.3. The fourth-order valence-electron chi connectivity index (χ4n) is 8.41. The van der Waals surface area contributed by atoms with Gasteiger partial charge in [-0.3, -0.25) is 0 Å². The lowest BCUT2D eigenvalue weighted by Gasteiger charge is -2.09. The third-order valence-corrected chi connectivity index (χ3v) is 11.1. The van der Waals surface area contributed by atoms with E-state index in [-0.39, 0.29) is 0 Å². The Bertz CT molecular complexity index is 3410. The Kier molecular flexibility index (Phi) is 6.83. The maximum Gasteiger partial charge on any atom is 0.164 e. The second-order valence-electron chi connectivity index (χ2n) is 14.4. The monoisotopic (exact) mass is 730 g/mol. The molecule has 0 amide bonds. The zero-order chi connectivity index (χ0) is 37.5. The van der Waals surface area contributed by atoms with Gasteiger partial charge in [-0.25, -0.2) is 15.0 Å². The average Bonchev–Trinajstić information content (AvgIpc) is 3.95. The Morgan fingerprint density at radius 1 is 0.333 bits per heavy atom. The van der Waals surface area contributed by atoms with Gasteiger partial charge in [-0.1, -0.05) is 121 Å². The first-order valence-electron chi connectivity index (χ1n) is 19.0. The molecule has 0 unspecified atom stereocenters. The summed E-state index contributed by atoms with van der Waals surface area (Å²) in [5.74, 6) is 1.82. The van der Waals surface area contributed by atoms with E-state index in [4.69, 9.17) is 23.8 Å². The van der Waals surface area contributed by atoms with Crippen molar-refractivity contribution in [1.29, 1.82) is 0 Å². The molecule has 0 atom stereocenters. The molecule has 0 N–H and O–H groups in total. The minimum Gasteiger partial charge on any atom is -0.456 e. The number of aromatic nitrogens is 4. The molecule has 0 aliphatic heterocycles. The van der Waals surface area contributed by atoms with Gasteiger partial charge in [0.05, 0.1) is 11.0 Å². The van der Waals surface area contributed by atoms with Gasteiger partial charge in [0.1, 0.15) is 22.3 Å². The largest absolute Gasteiger partial charge is 0.456 e. The maximum atomic E-state index is 6.53. The number of furan rings is 2. The number of fused-ring (bicyclic) bond motifs is 9. The predicted octanol–water partition coefficient (Wildman–Crippen LogP) is 13.4. The first kappa shape index (κ1) is 31.5. The van der Waals surface area contributed by atoms with E-state index >= 15 is 0 Å². The summed E-state index contributed by atoms with van der Waals surface area (Å²) >= 11 is 0. The van der Waals surface area contributed by atoms with Crippen LogP contribution in [0, 0.1) is 0 Å². The van der Waals surface area contributed by atoms with Crippen LogP contribution in [0.3, 0.4) is 0 Å². The van der Waals surface area contributed by atoms with E-state index in [0.29, 0.717) is 17.5 Å². The molecule has 0 bridgehead atoms. The quantitative estimate of drug-likeness (QED) is 0.176. The van der Waals surface area contributed by atoms with Gasteiger partial charge in [0.15, 0.2) is 17.5 Å². The van der Waals surface area contributed by atoms with Crippen molar-refractivity contribution in [1.82, 2.24) is 19.5 Å². The number of para-hydroxylation sites is 2. The van der Waals surface area contributed by atoms with E-state index in [2.05, 4.69) is 108 Å². The zero-order valence-corrected chi connectivity index (χ0v) is 30.4. The number of nitrogens with zero attached hydrogens (tertiary/aromatic N) is 4. The van der Waals surface area contributed by atoms with Crippen molar-refractivity contribution in [2.24, 2.45) is 0 Å². The topological polar surface area (TPSA) is 69.9 Å². The SMILES string of the molecule is c1ccc(-c2nc(-c3ccccc3)nc(-c3cccc4oc5ccc(-c6ccc7c(c6)oc6ccc(-n8c9ccccc9c9ccccc98)cc67)cc5c34)n2)cc1. The Balaban J connectivity index is 0.985. The first-order chi connectivity index (χ1) is 28.2. The van der Waals surface area contributed by atoms with E-state index in [1.54, 1.807) is 0 Å². The Morgan fingerprint density at radius 2 is 0.912 bits per heavy atom. The Morgan fingerprint density at radius 3 is 1.63 bits per heavy atom. The Hall–Kier alpha value is -7.83. The molecule has 4 heterocycles. The summed E-state index contributed by atoms with van der Waals surface area (Å²) in [4.78, 5) is 15.0. The Labute approximate surface area is 325 Å². The van der Waals surface area contributed by atoms with Gasteiger partial charge in [0.2, 0.25) is 0 Å². The van der Waals surface area contributed by atoms with E-state index in [0.717, 1.165) is 77.4 Å². The third kappa shape index (κ3) is 5.01. The van der Waals surface area contributed by atoms with Gasteiger partial charge in [-0.05, 0) is 71.8 Å². The average molecular weight is 731 g/mol. The lowest BCUT2D eigenvalue weighted by molar-refractivity contribution is 0.669. The summed E-state index contributed by atoms with van der Waals surface area (Å²) in [5.41, 5.74) is 11.6. The van der Waals surface area contributed by atoms with Gasteiger partial charge >= 0.3 is 0 Å². The van der Waals surface area contributed by atoms with Crippen molar-refractivity contribution < 1.29 is 8.83 Å². The number of hydrogen-bond donors (Lipinski definition) is 0. The van der Waals surface area contributed by atoms with Crippen molar-refractivity contribution in [2.45, 2.75) is 0 Å². The highest BCUT2D eigenvalue weighted by Gasteiger charge is 2.19. The molecular formula is C51H30N4O2. The summed E-state index contributed by atoms with van der Waals surface area (Å²) in [5, 5.41) is 6.59. The van der Waals surface area contributed by atoms with Crippen molar-refractivity contribution in [3.8, 4) is 51.0 Å². The lowest BCUT2D eigenvalue weighted by Crippen LogP contribution is -2.00. The second-order valence-corrected chi connectivity index (χ2v) is 14.4. The molecule has 0 radical (unpaired) electrons. The molecule has 6 nitrogen and oxygen atoms in total. The molecule has 0 saturated carbocycles. The summed E-state index contributed by atoms with van der Waals surface area (Å²) in [7, 11) is 0. The van der Waals surface area contributed by atoms with Crippen LogP contribution in [-0.4, -0.2) is 19.5 Å². The van der Waals surface area contributed by atoms with Crippen molar-refractivity contribution >= 4 is 65.7 Å². The van der Waals surface area contributed by atoms with E-state index in [1.165, 1.54) is 21.8 Å². The molecule has 4 aromatic heterocycles. The smallest absolute Gasteiger partial charge is 0.164 e. The molecule has 6 heteroatoms. The highest BCUT2D eigenvalue weighted by molar-refractivity contribution is 6.14. The number of hydrogen-bond acceptors (Lipinski definition) is 5. The van der Waals surface area contributed by atoms with Crippen LogP contribution in [-0.2, 0) is 0 Å². The van der Waals surface area contributed by atoms with Crippen LogP contribution in [0.4, 0.5) is 0 Å². The standard InChI is InChI=1S/C51H30N4O2/c1-3-12-31(13-4-1)49-52-50(32-14-5-2-6-15-32)54-51(53-49)39-18-11-21-46-48(39)41-28-33(23-26-45(41)56-46)34-22-25-38-40-30-35(24-27-44(40)57-47(38)29-34)55-42-19-9-7-16-36(42)37-17-8-10-20-43(37)55/h1-30H. The van der Waals surface area contributed by atoms with Crippen molar-refractivity contribution in [2.75, 3.05) is 0 Å². The van der Waals surface area contributed by atoms with Crippen LogP contribution in [0.2, 0.25) is 0 Å². The lowest BCUT2D eigenvalue weighted by atomic mass is 9.99. The molecule has 0 aliphatic carbocycles. The molecule has 0 fully saturated rings. The molecule has 0 aliphatic rings. The van der Waals surface area contributed by atoms with Crippen LogP contribution < -0.4 is 0 Å². The second kappa shape index (κ2) is 12.3. The van der Waals surface area contributed by atoms with Gasteiger partial charge in [0.25, 0.3) is 0 Å².